The van der Waals surface area contributed by atoms with Gasteiger partial charge in [0.1, 0.15) is 13.1 Å². The molecule has 0 bridgehead atoms. The number of rotatable bonds is 8. The van der Waals surface area contributed by atoms with Crippen LogP contribution in [0, 0.1) is 0 Å². The lowest BCUT2D eigenvalue weighted by Gasteiger charge is -2.47. The van der Waals surface area contributed by atoms with Crippen molar-refractivity contribution in [3.8, 4) is 0 Å². The topological polar surface area (TPSA) is 70.1 Å². The number of carbonyl (C=O) groups is 2. The highest BCUT2D eigenvalue weighted by Gasteiger charge is 2.60. The van der Waals surface area contributed by atoms with E-state index in [-0.39, 0.29) is 44.2 Å². The number of aliphatic hydroxyl groups excluding tert-OH is 1. The van der Waals surface area contributed by atoms with Crippen LogP contribution >= 0.6 is 7.95 Å². The number of hydrogen-bond acceptors (Lipinski definition) is 4. The quantitative estimate of drug-likeness (QED) is 0.161. The highest BCUT2D eigenvalue weighted by Crippen LogP contribution is 2.52. The van der Waals surface area contributed by atoms with E-state index in [1.165, 1.54) is 11.8 Å². The van der Waals surface area contributed by atoms with Gasteiger partial charge in [0.25, 0.3) is 5.91 Å². The van der Waals surface area contributed by atoms with Gasteiger partial charge in [0.2, 0.25) is 0 Å². The number of carbonyl (C=O) groups excluding carboxylic acids is 2. The normalized spacial score (nSPS) is 24.9. The number of benzene rings is 2. The summed E-state index contributed by atoms with van der Waals surface area (Å²) < 4.78 is 87.7. The number of nitrogens with zero attached hydrogens (tertiary/aromatic N) is 2. The number of β-amino-alcohol motifs (C(OH)–C–C–N with tert-alkyl or cyclic N) is 1. The number of urea groups is 1. The largest absolute Gasteiger partial charge is 0.416 e. The fourth-order valence-electron chi connectivity index (χ4n) is 5.91. The van der Waals surface area contributed by atoms with Crippen LogP contribution in [0.1, 0.15) is 61.0 Å². The Morgan fingerprint density at radius 1 is 0.976 bits per heavy atom. The van der Waals surface area contributed by atoms with E-state index in [2.05, 4.69) is 0 Å². The molecule has 226 valence electrons. The molecule has 2 radical (unpaired) electrons. The zero-order chi connectivity index (χ0) is 31.1. The Kier molecular flexibility index (Phi) is 9.08. The van der Waals surface area contributed by atoms with Gasteiger partial charge in [-0.1, -0.05) is 38.3 Å². The van der Waals surface area contributed by atoms with Gasteiger partial charge >= 0.3 is 18.4 Å². The van der Waals surface area contributed by atoms with Crippen molar-refractivity contribution in [3.63, 3.8) is 0 Å². The Hall–Kier alpha value is -2.63. The van der Waals surface area contributed by atoms with Gasteiger partial charge in [-0.15, -0.1) is 0 Å². The van der Waals surface area contributed by atoms with Gasteiger partial charge in [0, 0.05) is 12.0 Å². The number of halogens is 6. The molecule has 2 aromatic carbocycles. The van der Waals surface area contributed by atoms with Gasteiger partial charge in [-0.2, -0.15) is 26.3 Å². The Morgan fingerprint density at radius 2 is 1.52 bits per heavy atom. The van der Waals surface area contributed by atoms with Crippen molar-refractivity contribution in [2.45, 2.75) is 62.0 Å². The maximum atomic E-state index is 13.5. The third-order valence-corrected chi connectivity index (χ3v) is 9.25. The van der Waals surface area contributed by atoms with Crippen LogP contribution in [-0.4, -0.2) is 66.1 Å². The van der Waals surface area contributed by atoms with Gasteiger partial charge in [-0.3, -0.25) is 9.46 Å². The molecule has 1 spiro atoms. The van der Waals surface area contributed by atoms with Gasteiger partial charge in [-0.25, -0.2) is 4.79 Å². The molecule has 6 nitrogen and oxygen atoms in total. The number of aliphatic hydroxyl groups is 1. The van der Waals surface area contributed by atoms with Crippen LogP contribution in [0.5, 0.6) is 0 Å². The lowest BCUT2D eigenvalue weighted by atomic mass is 9.64. The number of ether oxygens (including phenoxy) is 1. The van der Waals surface area contributed by atoms with Gasteiger partial charge in [0.05, 0.1) is 30.4 Å². The first kappa shape index (κ1) is 32.3. The minimum absolute atomic E-state index is 0.0604. The molecule has 4 rings (SSSR count). The molecular weight excluding hydrogens is 584 g/mol. The van der Waals surface area contributed by atoms with Crippen LogP contribution < -0.4 is 0 Å². The van der Waals surface area contributed by atoms with Crippen molar-refractivity contribution in [1.29, 1.82) is 0 Å². The van der Waals surface area contributed by atoms with E-state index in [1.54, 1.807) is 24.9 Å². The fraction of sp³-hybridized carbons (Fsp3) is 0.500. The molecule has 3 amide bonds. The molecule has 14 heteroatoms. The third kappa shape index (κ3) is 6.05. The van der Waals surface area contributed by atoms with Crippen molar-refractivity contribution in [3.05, 3.63) is 70.8 Å². The summed E-state index contributed by atoms with van der Waals surface area (Å²) in [6.07, 6.45) is -10.1. The Balaban J connectivity index is 1.64. The average Bonchev–Trinajstić information content (AvgIpc) is 3.13. The van der Waals surface area contributed by atoms with Crippen LogP contribution in [0.25, 0.3) is 0 Å². The molecule has 42 heavy (non-hydrogen) atoms. The number of hydrogen-bond donors (Lipinski definition) is 1. The summed E-state index contributed by atoms with van der Waals surface area (Å²) in [5.41, 5.74) is -4.26. The van der Waals surface area contributed by atoms with E-state index in [0.717, 1.165) is 10.2 Å². The first-order valence-corrected chi connectivity index (χ1v) is 15.1. The van der Waals surface area contributed by atoms with Crippen molar-refractivity contribution < 1.29 is 45.8 Å². The molecule has 1 unspecified atom stereocenters. The van der Waals surface area contributed by atoms with E-state index in [9.17, 15) is 41.0 Å². The van der Waals surface area contributed by atoms with Crippen molar-refractivity contribution in [2.75, 3.05) is 26.4 Å². The molecule has 1 aliphatic heterocycles. The van der Waals surface area contributed by atoms with Crippen molar-refractivity contribution in [1.82, 2.24) is 9.57 Å². The maximum Gasteiger partial charge on any atom is 0.416 e. The van der Waals surface area contributed by atoms with Crippen LogP contribution in [0.3, 0.4) is 0 Å². The lowest BCUT2D eigenvalue weighted by Crippen LogP contribution is -2.55. The van der Waals surface area contributed by atoms with Gasteiger partial charge in [0.15, 0.2) is 0 Å². The van der Waals surface area contributed by atoms with Crippen molar-refractivity contribution in [2.24, 2.45) is 0 Å². The maximum absolute atomic E-state index is 13.5. The summed E-state index contributed by atoms with van der Waals surface area (Å²) in [7, 11) is 4.41. The second kappa shape index (κ2) is 11.8. The molecule has 2 aliphatic rings. The monoisotopic (exact) mass is 614 g/mol. The molecule has 2 atom stereocenters. The van der Waals surface area contributed by atoms with Gasteiger partial charge in [-0.05, 0) is 68.6 Å². The second-order valence-electron chi connectivity index (χ2n) is 10.8. The first-order chi connectivity index (χ1) is 19.6. The summed E-state index contributed by atoms with van der Waals surface area (Å²) in [6, 6.07) is 9.93. The molecule has 1 heterocycles. The van der Waals surface area contributed by atoms with Crippen LogP contribution in [0.4, 0.5) is 31.1 Å². The Morgan fingerprint density at radius 3 is 2.00 bits per heavy atom. The summed E-state index contributed by atoms with van der Waals surface area (Å²) in [5, 5.41) is 9.63. The molecule has 2 fully saturated rings. The molecule has 1 saturated carbocycles. The van der Waals surface area contributed by atoms with Gasteiger partial charge < -0.3 is 14.7 Å². The fourth-order valence-corrected chi connectivity index (χ4v) is 6.76. The Labute approximate surface area is 242 Å². The molecule has 0 aromatic heterocycles. The first-order valence-electron chi connectivity index (χ1n) is 13.3. The van der Waals surface area contributed by atoms with Crippen molar-refractivity contribution >= 4 is 27.5 Å². The van der Waals surface area contributed by atoms with Crippen LogP contribution in [0.2, 0.25) is 0 Å². The zero-order valence-electron chi connectivity index (χ0n) is 23.0. The summed E-state index contributed by atoms with van der Waals surface area (Å²) in [5.74, 6) is -0.434. The number of imide groups is 1. The summed E-state index contributed by atoms with van der Waals surface area (Å²) in [6.45, 7) is 2.49. The summed E-state index contributed by atoms with van der Waals surface area (Å²) in [4.78, 5) is 28.0. The Bertz CT molecular complexity index is 1270. The molecular formula is C28H30BF6N2O4P. The number of alkyl halides is 6. The second-order valence-corrected chi connectivity index (χ2v) is 12.4. The predicted octanol–water partition coefficient (Wildman–Crippen LogP) is 6.42. The van der Waals surface area contributed by atoms with E-state index in [0.29, 0.717) is 25.0 Å². The van der Waals surface area contributed by atoms with E-state index >= 15 is 0 Å². The zero-order valence-corrected chi connectivity index (χ0v) is 23.9. The van der Waals surface area contributed by atoms with Crippen LogP contribution in [0.15, 0.2) is 48.5 Å². The smallest absolute Gasteiger partial charge is 0.395 e. The lowest BCUT2D eigenvalue weighted by molar-refractivity contribution is -0.143. The SMILES string of the molecule is [B]P(C)N1C(=O)N(CCO)C2(CCC(CO[C@H](C)c3cc(C(F)(F)F)cc(C(F)(F)F)c3)(c3ccccc3)CC2)C1=O. The van der Waals surface area contributed by atoms with Crippen LogP contribution in [-0.2, 0) is 27.3 Å². The highest BCUT2D eigenvalue weighted by molar-refractivity contribution is 7.80. The standard InChI is InChI=1S/C28H30BF6N2O4P/c1-18(19-14-21(27(30,31)32)16-22(15-19)28(33,34)35)41-17-25(20-6-4-3-5-7-20)8-10-26(11-9-25)23(39)37(42(2)29)24(40)36(26)12-13-38/h3-7,14-16,18,38H,8-13,17H2,1-2H3/t18-,25?,26?,42?/m1/s1. The molecule has 1 N–H and O–H groups in total. The van der Waals surface area contributed by atoms with E-state index in [4.69, 9.17) is 12.3 Å². The van der Waals surface area contributed by atoms with E-state index < -0.39 is 60.4 Å². The minimum Gasteiger partial charge on any atom is -0.395 e. The third-order valence-electron chi connectivity index (χ3n) is 8.27. The minimum atomic E-state index is -4.99. The number of amides is 3. The average molecular weight is 614 g/mol. The highest BCUT2D eigenvalue weighted by atomic mass is 31.1. The summed E-state index contributed by atoms with van der Waals surface area (Å²) >= 11 is 0. The predicted molar refractivity (Wildman–Crippen MR) is 145 cm³/mol. The molecule has 2 aromatic rings. The van der Waals surface area contributed by atoms with E-state index in [1.807, 2.05) is 12.1 Å². The molecule has 1 aliphatic carbocycles. The molecule has 1 saturated heterocycles.